The Balaban J connectivity index is 6.68. The molecule has 0 N–H and O–H groups in total. The number of rotatable bonds is 17. The highest BCUT2D eigenvalue weighted by molar-refractivity contribution is 6.60. The van der Waals surface area contributed by atoms with Gasteiger partial charge in [-0.1, -0.05) is 0 Å². The summed E-state index contributed by atoms with van der Waals surface area (Å²) in [4.78, 5) is 0. The van der Waals surface area contributed by atoms with Gasteiger partial charge in [-0.25, -0.2) is 4.39 Å². The molecule has 0 heterocycles. The van der Waals surface area contributed by atoms with Crippen LogP contribution in [0.15, 0.2) is 0 Å². The first kappa shape index (κ1) is 37.9. The third-order valence-corrected chi connectivity index (χ3v) is 8.24. The second-order valence-corrected chi connectivity index (χ2v) is 10.6. The lowest BCUT2D eigenvalue weighted by Crippen LogP contribution is -2.75. The predicted octanol–water partition coefficient (Wildman–Crippen LogP) is 7.87. The molecular weight excluding hydrogens is 615 g/mol. The molecule has 1 atom stereocenters. The molecule has 1 unspecified atom stereocenters. The molecule has 236 valence electrons. The van der Waals surface area contributed by atoms with Gasteiger partial charge in [0.25, 0.3) is 0 Å². The SMILES string of the molecule is CCO[Si](CCC(F)(F)C(F)(F)C(F)(F)C(F)(F)C(F)(F)C(F)(F)C(F)(F)C(F)(F)C(C)F)(OCC)OCC. The van der Waals surface area contributed by atoms with E-state index in [9.17, 15) is 74.6 Å². The maximum absolute atomic E-state index is 14.2. The highest BCUT2D eigenvalue weighted by atomic mass is 28.4. The van der Waals surface area contributed by atoms with E-state index in [-0.39, 0.29) is 0 Å². The molecular formula is C18H23F17O3Si. The van der Waals surface area contributed by atoms with E-state index in [1.807, 2.05) is 0 Å². The molecule has 0 radical (unpaired) electrons. The summed E-state index contributed by atoms with van der Waals surface area (Å²) in [6, 6.07) is -1.56. The normalized spacial score (nSPS) is 16.5. The van der Waals surface area contributed by atoms with Crippen molar-refractivity contribution in [3.8, 4) is 0 Å². The Morgan fingerprint density at radius 1 is 0.513 bits per heavy atom. The molecule has 0 aliphatic rings. The van der Waals surface area contributed by atoms with Gasteiger partial charge in [-0.15, -0.1) is 0 Å². The lowest BCUT2D eigenvalue weighted by Gasteiger charge is -2.44. The molecule has 0 amide bonds. The van der Waals surface area contributed by atoms with E-state index in [2.05, 4.69) is 0 Å². The Bertz CT molecular complexity index is 787. The zero-order chi connectivity index (χ0) is 31.7. The summed E-state index contributed by atoms with van der Waals surface area (Å²) in [6.07, 6.45) is -7.15. The van der Waals surface area contributed by atoms with E-state index in [0.717, 1.165) is 0 Å². The third-order valence-electron chi connectivity index (χ3n) is 5.19. The Morgan fingerprint density at radius 2 is 0.795 bits per heavy atom. The zero-order valence-corrected chi connectivity index (χ0v) is 21.3. The summed E-state index contributed by atoms with van der Waals surface area (Å²) in [7, 11) is -4.44. The van der Waals surface area contributed by atoms with E-state index in [1.54, 1.807) is 0 Å². The lowest BCUT2D eigenvalue weighted by atomic mass is 9.86. The van der Waals surface area contributed by atoms with E-state index < -0.39 is 102 Å². The number of alkyl halides is 17. The van der Waals surface area contributed by atoms with Gasteiger partial charge < -0.3 is 13.3 Å². The summed E-state index contributed by atoms with van der Waals surface area (Å²) in [5.74, 6) is -63.0. The maximum atomic E-state index is 14.2. The van der Waals surface area contributed by atoms with Crippen LogP contribution in [0.2, 0.25) is 6.04 Å². The number of halogens is 17. The van der Waals surface area contributed by atoms with Crippen LogP contribution in [0.1, 0.15) is 34.1 Å². The molecule has 21 heteroatoms. The summed E-state index contributed by atoms with van der Waals surface area (Å²) < 4.78 is 248. The molecule has 3 nitrogen and oxygen atoms in total. The van der Waals surface area contributed by atoms with Gasteiger partial charge in [0.15, 0.2) is 6.17 Å². The van der Waals surface area contributed by atoms with Gasteiger partial charge in [0.1, 0.15) is 0 Å². The van der Waals surface area contributed by atoms with Crippen molar-refractivity contribution >= 4 is 8.80 Å². The fourth-order valence-electron chi connectivity index (χ4n) is 2.95. The first-order valence-corrected chi connectivity index (χ1v) is 12.6. The van der Waals surface area contributed by atoms with Gasteiger partial charge >= 0.3 is 56.2 Å². The van der Waals surface area contributed by atoms with Crippen molar-refractivity contribution in [2.75, 3.05) is 19.8 Å². The fraction of sp³-hybridized carbons (Fsp3) is 1.00. The highest BCUT2D eigenvalue weighted by Crippen LogP contribution is 2.64. The Kier molecular flexibility index (Phi) is 11.3. The standard InChI is InChI=1S/C18H23F17O3Si/c1-5-36-39(37-6-2,38-7-3)9-8-11(20,21)13(24,25)15(28,29)17(32,33)18(34,35)16(30,31)14(26,27)12(22,23)10(4)19/h10H,5-9H2,1-4H3. The molecule has 0 aromatic carbocycles. The van der Waals surface area contributed by atoms with Gasteiger partial charge in [-0.05, 0) is 27.7 Å². The van der Waals surface area contributed by atoms with Crippen molar-refractivity contribution in [3.05, 3.63) is 0 Å². The first-order chi connectivity index (χ1) is 17.1. The van der Waals surface area contributed by atoms with Gasteiger partial charge in [-0.2, -0.15) is 70.2 Å². The molecule has 0 saturated heterocycles. The van der Waals surface area contributed by atoms with E-state index in [0.29, 0.717) is 0 Å². The number of hydrogen-bond donors (Lipinski definition) is 0. The topological polar surface area (TPSA) is 27.7 Å². The molecule has 0 aliphatic heterocycles. The van der Waals surface area contributed by atoms with Crippen molar-refractivity contribution in [2.45, 2.75) is 93.7 Å². The maximum Gasteiger partial charge on any atom is 0.501 e. The lowest BCUT2D eigenvalue weighted by molar-refractivity contribution is -0.455. The first-order valence-electron chi connectivity index (χ1n) is 10.7. The van der Waals surface area contributed by atoms with Gasteiger partial charge in [0.2, 0.25) is 0 Å². The van der Waals surface area contributed by atoms with Crippen LogP contribution in [-0.4, -0.2) is 82.2 Å². The second-order valence-electron chi connectivity index (χ2n) is 7.87. The average molecular weight is 638 g/mol. The van der Waals surface area contributed by atoms with Gasteiger partial charge in [-0.3, -0.25) is 0 Å². The minimum atomic E-state index is -8.59. The van der Waals surface area contributed by atoms with Gasteiger partial charge in [0, 0.05) is 32.3 Å². The Labute approximate surface area is 211 Å². The smallest absolute Gasteiger partial charge is 0.374 e. The van der Waals surface area contributed by atoms with Crippen molar-refractivity contribution in [2.24, 2.45) is 0 Å². The van der Waals surface area contributed by atoms with Crippen LogP contribution < -0.4 is 0 Å². The second kappa shape index (κ2) is 11.7. The van der Waals surface area contributed by atoms with E-state index >= 15 is 0 Å². The largest absolute Gasteiger partial charge is 0.501 e. The molecule has 39 heavy (non-hydrogen) atoms. The van der Waals surface area contributed by atoms with Crippen LogP contribution in [0, 0.1) is 0 Å². The fourth-order valence-corrected chi connectivity index (χ4v) is 5.57. The van der Waals surface area contributed by atoms with Crippen molar-refractivity contribution in [1.82, 2.24) is 0 Å². The summed E-state index contributed by atoms with van der Waals surface area (Å²) >= 11 is 0. The predicted molar refractivity (Wildman–Crippen MR) is 100 cm³/mol. The summed E-state index contributed by atoms with van der Waals surface area (Å²) in [5.41, 5.74) is 0. The zero-order valence-electron chi connectivity index (χ0n) is 20.3. The minimum absolute atomic E-state index is 0.417. The van der Waals surface area contributed by atoms with Gasteiger partial charge in [0.05, 0.1) is 0 Å². The average Bonchev–Trinajstić information content (AvgIpc) is 2.77. The third kappa shape index (κ3) is 5.95. The Morgan fingerprint density at radius 3 is 1.08 bits per heavy atom. The van der Waals surface area contributed by atoms with Crippen molar-refractivity contribution in [1.29, 1.82) is 0 Å². The van der Waals surface area contributed by atoms with E-state index in [4.69, 9.17) is 13.3 Å². The van der Waals surface area contributed by atoms with Crippen LogP contribution in [0.25, 0.3) is 0 Å². The molecule has 0 aromatic heterocycles. The molecule has 0 aliphatic carbocycles. The monoisotopic (exact) mass is 638 g/mol. The van der Waals surface area contributed by atoms with E-state index in [1.165, 1.54) is 20.8 Å². The quantitative estimate of drug-likeness (QED) is 0.120. The molecule has 0 saturated carbocycles. The summed E-state index contributed by atoms with van der Waals surface area (Å²) in [6.45, 7) is 1.71. The summed E-state index contributed by atoms with van der Waals surface area (Å²) in [5, 5.41) is 0. The van der Waals surface area contributed by atoms with Crippen LogP contribution in [-0.2, 0) is 13.3 Å². The molecule has 0 bridgehead atoms. The minimum Gasteiger partial charge on any atom is -0.374 e. The molecule has 0 fully saturated rings. The highest BCUT2D eigenvalue weighted by Gasteiger charge is 2.95. The molecule has 0 spiro atoms. The van der Waals surface area contributed by atoms with Crippen molar-refractivity contribution in [3.63, 3.8) is 0 Å². The Hall–Kier alpha value is -1.09. The van der Waals surface area contributed by atoms with Crippen LogP contribution in [0.4, 0.5) is 74.6 Å². The van der Waals surface area contributed by atoms with Crippen LogP contribution in [0.5, 0.6) is 0 Å². The molecule has 0 rings (SSSR count). The van der Waals surface area contributed by atoms with Crippen molar-refractivity contribution < 1.29 is 87.9 Å². The molecule has 0 aromatic rings. The number of hydrogen-bond acceptors (Lipinski definition) is 3. The van der Waals surface area contributed by atoms with Crippen LogP contribution in [0.3, 0.4) is 0 Å². The van der Waals surface area contributed by atoms with Crippen LogP contribution >= 0.6 is 0 Å².